The maximum atomic E-state index is 6.03. The van der Waals surface area contributed by atoms with Crippen LogP contribution in [0, 0.1) is 0 Å². The monoisotopic (exact) mass is 209 g/mol. The van der Waals surface area contributed by atoms with Crippen molar-refractivity contribution in [2.24, 2.45) is 0 Å². The van der Waals surface area contributed by atoms with Crippen LogP contribution in [0.5, 0.6) is 0 Å². The first-order valence-electron chi connectivity index (χ1n) is 3.73. The normalized spacial score (nSPS) is 11.5. The van der Waals surface area contributed by atoms with E-state index in [0.717, 1.165) is 20.2 Å². The Labute approximate surface area is 82.6 Å². The predicted octanol–water partition coefficient (Wildman–Crippen LogP) is 2.60. The van der Waals surface area contributed by atoms with Gasteiger partial charge >= 0.3 is 0 Å². The number of halogens is 1. The van der Waals surface area contributed by atoms with E-state index < -0.39 is 0 Å². The second-order valence-electron chi connectivity index (χ2n) is 2.64. The number of benzene rings is 1. The van der Waals surface area contributed by atoms with Crippen molar-refractivity contribution in [1.29, 1.82) is 0 Å². The lowest BCUT2D eigenvalue weighted by molar-refractivity contribution is 1.01. The zero-order valence-corrected chi connectivity index (χ0v) is 8.01. The first kappa shape index (κ1) is 7.29. The van der Waals surface area contributed by atoms with Crippen LogP contribution in [0.2, 0.25) is 5.02 Å². The average molecular weight is 210 g/mol. The Hall–Kier alpha value is -1.13. The molecule has 0 unspecified atom stereocenters. The van der Waals surface area contributed by atoms with Crippen molar-refractivity contribution >= 4 is 38.1 Å². The van der Waals surface area contributed by atoms with E-state index in [-0.39, 0.29) is 0 Å². The molecule has 64 valence electrons. The minimum absolute atomic E-state index is 0.759. The van der Waals surface area contributed by atoms with E-state index in [9.17, 15) is 0 Å². The largest absolute Gasteiger partial charge is 0.213 e. The molecule has 0 spiro atoms. The van der Waals surface area contributed by atoms with E-state index in [0.29, 0.717) is 0 Å². The fraction of sp³-hybridized carbons (Fsp3) is 0. The summed E-state index contributed by atoms with van der Waals surface area (Å²) in [6, 6.07) is 5.78. The Bertz CT molecular complexity index is 583. The van der Waals surface area contributed by atoms with Crippen molar-refractivity contribution in [1.82, 2.24) is 14.6 Å². The summed E-state index contributed by atoms with van der Waals surface area (Å²) in [5, 5.41) is 4.86. The van der Waals surface area contributed by atoms with Crippen molar-refractivity contribution in [2.45, 2.75) is 0 Å². The van der Waals surface area contributed by atoms with Gasteiger partial charge < -0.3 is 0 Å². The first-order valence-corrected chi connectivity index (χ1v) is 4.92. The van der Waals surface area contributed by atoms with Crippen molar-refractivity contribution in [3.8, 4) is 0 Å². The zero-order valence-electron chi connectivity index (χ0n) is 6.44. The van der Waals surface area contributed by atoms with Crippen LogP contribution in [0.1, 0.15) is 0 Å². The van der Waals surface area contributed by atoms with Crippen molar-refractivity contribution < 1.29 is 0 Å². The van der Waals surface area contributed by atoms with Crippen LogP contribution in [0.15, 0.2) is 24.5 Å². The summed E-state index contributed by atoms with van der Waals surface area (Å²) < 4.78 is 2.84. The Morgan fingerprint density at radius 3 is 3.23 bits per heavy atom. The van der Waals surface area contributed by atoms with Crippen molar-refractivity contribution in [3.63, 3.8) is 0 Å². The molecule has 13 heavy (non-hydrogen) atoms. The van der Waals surface area contributed by atoms with Crippen LogP contribution in [-0.2, 0) is 0 Å². The molecule has 0 atom stereocenters. The Kier molecular flexibility index (Phi) is 1.36. The fourth-order valence-corrected chi connectivity index (χ4v) is 2.55. The van der Waals surface area contributed by atoms with Gasteiger partial charge in [-0.05, 0) is 12.1 Å². The van der Waals surface area contributed by atoms with E-state index in [2.05, 4.69) is 10.1 Å². The maximum Gasteiger partial charge on any atom is 0.213 e. The highest BCUT2D eigenvalue weighted by Crippen LogP contribution is 2.30. The van der Waals surface area contributed by atoms with E-state index >= 15 is 0 Å². The smallest absolute Gasteiger partial charge is 0.206 e. The second-order valence-corrected chi connectivity index (χ2v) is 4.03. The molecule has 3 rings (SSSR count). The lowest BCUT2D eigenvalue weighted by Crippen LogP contribution is -1.80. The third-order valence-corrected chi connectivity index (χ3v) is 3.41. The molecule has 2 aromatic heterocycles. The maximum absolute atomic E-state index is 6.03. The van der Waals surface area contributed by atoms with Crippen LogP contribution in [-0.4, -0.2) is 14.6 Å². The number of hydrogen-bond donors (Lipinski definition) is 0. The molecule has 0 saturated heterocycles. The Balaban J connectivity index is 2.66. The van der Waals surface area contributed by atoms with Crippen LogP contribution >= 0.6 is 22.9 Å². The molecule has 2 heterocycles. The molecule has 0 aliphatic rings. The first-order chi connectivity index (χ1) is 6.36. The van der Waals surface area contributed by atoms with Gasteiger partial charge in [-0.1, -0.05) is 29.0 Å². The Morgan fingerprint density at radius 1 is 1.38 bits per heavy atom. The average Bonchev–Trinajstić information content (AvgIpc) is 2.65. The van der Waals surface area contributed by atoms with E-state index in [1.165, 1.54) is 0 Å². The zero-order chi connectivity index (χ0) is 8.84. The predicted molar refractivity (Wildman–Crippen MR) is 53.4 cm³/mol. The van der Waals surface area contributed by atoms with Crippen LogP contribution < -0.4 is 0 Å². The van der Waals surface area contributed by atoms with Gasteiger partial charge in [-0.15, -0.1) is 0 Å². The quantitative estimate of drug-likeness (QED) is 0.570. The Morgan fingerprint density at radius 2 is 2.31 bits per heavy atom. The number of thiazole rings is 1. The summed E-state index contributed by atoms with van der Waals surface area (Å²) in [4.78, 5) is 4.99. The van der Waals surface area contributed by atoms with Gasteiger partial charge in [0, 0.05) is 0 Å². The lowest BCUT2D eigenvalue weighted by atomic mass is 10.3. The van der Waals surface area contributed by atoms with Gasteiger partial charge in [-0.3, -0.25) is 0 Å². The number of rotatable bonds is 0. The molecule has 0 amide bonds. The third-order valence-electron chi connectivity index (χ3n) is 1.88. The molecule has 0 bridgehead atoms. The van der Waals surface area contributed by atoms with Gasteiger partial charge in [-0.2, -0.15) is 5.10 Å². The number of fused-ring (bicyclic) bond motifs is 3. The van der Waals surface area contributed by atoms with E-state index in [1.807, 2.05) is 18.2 Å². The summed E-state index contributed by atoms with van der Waals surface area (Å²) >= 11 is 7.58. The fourth-order valence-electron chi connectivity index (χ4n) is 1.32. The number of aromatic nitrogens is 3. The summed E-state index contributed by atoms with van der Waals surface area (Å²) in [7, 11) is 0. The molecule has 5 heteroatoms. The van der Waals surface area contributed by atoms with E-state index in [1.54, 1.807) is 22.2 Å². The summed E-state index contributed by atoms with van der Waals surface area (Å²) in [5.41, 5.74) is 1.02. The molecule has 3 nitrogen and oxygen atoms in total. The minimum atomic E-state index is 0.759. The van der Waals surface area contributed by atoms with Gasteiger partial charge in [-0.25, -0.2) is 9.50 Å². The van der Waals surface area contributed by atoms with Crippen LogP contribution in [0.25, 0.3) is 15.2 Å². The lowest BCUT2D eigenvalue weighted by Gasteiger charge is -1.90. The topological polar surface area (TPSA) is 30.2 Å². The van der Waals surface area contributed by atoms with Gasteiger partial charge in [0.2, 0.25) is 4.96 Å². The SMILES string of the molecule is Clc1cccc2c1sc1ncnn12. The molecule has 0 aliphatic carbocycles. The molecule has 0 radical (unpaired) electrons. The van der Waals surface area contributed by atoms with Crippen molar-refractivity contribution in [2.75, 3.05) is 0 Å². The summed E-state index contributed by atoms with van der Waals surface area (Å²) in [6.45, 7) is 0. The van der Waals surface area contributed by atoms with Gasteiger partial charge in [0.05, 0.1) is 15.2 Å². The van der Waals surface area contributed by atoms with Gasteiger partial charge in [0.1, 0.15) is 6.33 Å². The second kappa shape index (κ2) is 2.43. The summed E-state index contributed by atoms with van der Waals surface area (Å²) in [5.74, 6) is 0. The van der Waals surface area contributed by atoms with Crippen LogP contribution in [0.3, 0.4) is 0 Å². The summed E-state index contributed by atoms with van der Waals surface area (Å²) in [6.07, 6.45) is 1.55. The molecular formula is C8H4ClN3S. The molecule has 3 aromatic rings. The van der Waals surface area contributed by atoms with Crippen LogP contribution in [0.4, 0.5) is 0 Å². The van der Waals surface area contributed by atoms with Gasteiger partial charge in [0.25, 0.3) is 0 Å². The highest BCUT2D eigenvalue weighted by atomic mass is 35.5. The highest BCUT2D eigenvalue weighted by Gasteiger charge is 2.07. The molecular weight excluding hydrogens is 206 g/mol. The molecule has 1 aromatic carbocycles. The minimum Gasteiger partial charge on any atom is -0.206 e. The molecule has 0 aliphatic heterocycles. The highest BCUT2D eigenvalue weighted by molar-refractivity contribution is 7.24. The molecule has 0 saturated carbocycles. The third kappa shape index (κ3) is 0.897. The van der Waals surface area contributed by atoms with E-state index in [4.69, 9.17) is 11.6 Å². The molecule has 0 fully saturated rings. The standard InChI is InChI=1S/C8H4ClN3S/c9-5-2-1-3-6-7(5)13-8-10-4-11-12(6)8/h1-4H. The number of nitrogens with zero attached hydrogens (tertiary/aromatic N) is 3. The van der Waals surface area contributed by atoms with Crippen molar-refractivity contribution in [3.05, 3.63) is 29.5 Å². The number of hydrogen-bond acceptors (Lipinski definition) is 3. The van der Waals surface area contributed by atoms with Gasteiger partial charge in [0.15, 0.2) is 0 Å². The molecule has 0 N–H and O–H groups in total.